The lowest BCUT2D eigenvalue weighted by molar-refractivity contribution is -0.147. The highest BCUT2D eigenvalue weighted by atomic mass is 16.7. The monoisotopic (exact) mass is 332 g/mol. The first-order chi connectivity index (χ1) is 10.7. The highest BCUT2D eigenvalue weighted by Gasteiger charge is 2.11. The van der Waals surface area contributed by atoms with E-state index in [0.717, 1.165) is 0 Å². The van der Waals surface area contributed by atoms with E-state index in [1.54, 1.807) is 0 Å². The van der Waals surface area contributed by atoms with Crippen LogP contribution in [-0.2, 0) is 28.5 Å². The third-order valence-electron chi connectivity index (χ3n) is 2.30. The second-order valence-corrected chi connectivity index (χ2v) is 4.92. The fraction of sp³-hybridized carbons (Fsp3) is 0.600. The van der Waals surface area contributed by atoms with Crippen molar-refractivity contribution in [2.45, 2.75) is 26.1 Å². The van der Waals surface area contributed by atoms with E-state index in [9.17, 15) is 19.8 Å². The lowest BCUT2D eigenvalue weighted by Gasteiger charge is -2.14. The number of carbonyl (C=O) groups excluding carboxylic acids is 2. The molecule has 2 N–H and O–H groups in total. The second-order valence-electron chi connectivity index (χ2n) is 4.92. The van der Waals surface area contributed by atoms with E-state index in [1.807, 2.05) is 0 Å². The highest BCUT2D eigenvalue weighted by Crippen LogP contribution is 1.97. The second kappa shape index (κ2) is 11.8. The molecule has 0 aliphatic rings. The number of ether oxygens (including phenoxy) is 4. The molecule has 0 radical (unpaired) electrons. The van der Waals surface area contributed by atoms with Crippen LogP contribution in [0.2, 0.25) is 0 Å². The van der Waals surface area contributed by atoms with Gasteiger partial charge in [0, 0.05) is 11.1 Å². The van der Waals surface area contributed by atoms with Crippen molar-refractivity contribution in [2.24, 2.45) is 0 Å². The van der Waals surface area contributed by atoms with Gasteiger partial charge in [0.15, 0.2) is 0 Å². The van der Waals surface area contributed by atoms with Crippen LogP contribution in [0.3, 0.4) is 0 Å². The van der Waals surface area contributed by atoms with Gasteiger partial charge >= 0.3 is 11.9 Å². The third-order valence-corrected chi connectivity index (χ3v) is 2.30. The third kappa shape index (κ3) is 11.5. The molecule has 0 bridgehead atoms. The molecule has 0 rings (SSSR count). The molecule has 2 unspecified atom stereocenters. The molecule has 0 aromatic rings. The molecule has 0 spiro atoms. The minimum absolute atomic E-state index is 0.107. The Morgan fingerprint density at radius 3 is 1.48 bits per heavy atom. The van der Waals surface area contributed by atoms with E-state index < -0.39 is 24.1 Å². The summed E-state index contributed by atoms with van der Waals surface area (Å²) in [7, 11) is 0. The summed E-state index contributed by atoms with van der Waals surface area (Å²) >= 11 is 0. The first kappa shape index (κ1) is 21.3. The molecular formula is C15H24O8. The van der Waals surface area contributed by atoms with Crippen molar-refractivity contribution >= 4 is 11.9 Å². The van der Waals surface area contributed by atoms with Crippen LogP contribution in [0.1, 0.15) is 13.8 Å². The summed E-state index contributed by atoms with van der Waals surface area (Å²) in [5, 5.41) is 19.0. The number of hydrogen-bond acceptors (Lipinski definition) is 8. The van der Waals surface area contributed by atoms with E-state index in [4.69, 9.17) is 18.9 Å². The molecule has 2 atom stereocenters. The van der Waals surface area contributed by atoms with Crippen LogP contribution in [0, 0.1) is 0 Å². The summed E-state index contributed by atoms with van der Waals surface area (Å²) in [6, 6.07) is 0. The van der Waals surface area contributed by atoms with Crippen LogP contribution in [0.25, 0.3) is 0 Å². The van der Waals surface area contributed by atoms with Gasteiger partial charge in [-0.25, -0.2) is 9.59 Å². The summed E-state index contributed by atoms with van der Waals surface area (Å²) in [6.07, 6.45) is -1.99. The van der Waals surface area contributed by atoms with Crippen molar-refractivity contribution in [2.75, 3.05) is 33.2 Å². The van der Waals surface area contributed by atoms with Gasteiger partial charge in [-0.3, -0.25) is 0 Å². The Labute approximate surface area is 135 Å². The van der Waals surface area contributed by atoms with Gasteiger partial charge in [0.2, 0.25) is 0 Å². The Kier molecular flexibility index (Phi) is 10.9. The quantitative estimate of drug-likeness (QED) is 0.221. The van der Waals surface area contributed by atoms with Crippen LogP contribution in [0.5, 0.6) is 0 Å². The maximum atomic E-state index is 11.1. The van der Waals surface area contributed by atoms with Crippen LogP contribution < -0.4 is 0 Å². The fourth-order valence-corrected chi connectivity index (χ4v) is 1.11. The fourth-order valence-electron chi connectivity index (χ4n) is 1.11. The number of aliphatic hydroxyl groups excluding tert-OH is 2. The molecule has 8 heteroatoms. The molecule has 8 nitrogen and oxygen atoms in total. The average molecular weight is 332 g/mol. The molecular weight excluding hydrogens is 308 g/mol. The number of aliphatic hydroxyl groups is 2. The molecule has 0 aliphatic carbocycles. The topological polar surface area (TPSA) is 112 Å². The lowest BCUT2D eigenvalue weighted by atomic mass is 10.3. The summed E-state index contributed by atoms with van der Waals surface area (Å²) < 4.78 is 19.4. The molecule has 132 valence electrons. The first-order valence-corrected chi connectivity index (χ1v) is 6.91. The Balaban J connectivity index is 3.60. The minimum atomic E-state index is -0.997. The smallest absolute Gasteiger partial charge is 0.333 e. The van der Waals surface area contributed by atoms with E-state index in [1.165, 1.54) is 13.8 Å². The van der Waals surface area contributed by atoms with Crippen molar-refractivity contribution < 1.29 is 38.7 Å². The summed E-state index contributed by atoms with van der Waals surface area (Å²) in [5.41, 5.74) is 0.477. The zero-order chi connectivity index (χ0) is 17.8. The van der Waals surface area contributed by atoms with Crippen molar-refractivity contribution in [3.8, 4) is 0 Å². The van der Waals surface area contributed by atoms with Crippen LogP contribution in [0.4, 0.5) is 0 Å². The Morgan fingerprint density at radius 1 is 0.826 bits per heavy atom. The summed E-state index contributed by atoms with van der Waals surface area (Å²) in [5.74, 6) is -1.18. The Morgan fingerprint density at radius 2 is 1.17 bits per heavy atom. The molecule has 0 fully saturated rings. The van der Waals surface area contributed by atoms with Crippen LogP contribution in [-0.4, -0.2) is 67.6 Å². The highest BCUT2D eigenvalue weighted by molar-refractivity contribution is 5.87. The molecule has 0 aliphatic heterocycles. The number of hydrogen-bond donors (Lipinski definition) is 2. The summed E-state index contributed by atoms with van der Waals surface area (Å²) in [4.78, 5) is 22.2. The number of rotatable bonds is 12. The van der Waals surface area contributed by atoms with Gasteiger partial charge in [0.25, 0.3) is 0 Å². The number of esters is 2. The minimum Gasteiger partial charge on any atom is -0.460 e. The van der Waals surface area contributed by atoms with Gasteiger partial charge in [0.05, 0.1) is 13.2 Å². The van der Waals surface area contributed by atoms with Crippen LogP contribution >= 0.6 is 0 Å². The normalized spacial score (nSPS) is 13.0. The molecule has 23 heavy (non-hydrogen) atoms. The lowest BCUT2D eigenvalue weighted by Crippen LogP contribution is -2.26. The van der Waals surface area contributed by atoms with Gasteiger partial charge in [-0.2, -0.15) is 0 Å². The zero-order valence-corrected chi connectivity index (χ0v) is 13.4. The maximum absolute atomic E-state index is 11.1. The van der Waals surface area contributed by atoms with Gasteiger partial charge in [0.1, 0.15) is 32.2 Å². The van der Waals surface area contributed by atoms with Crippen molar-refractivity contribution in [1.82, 2.24) is 0 Å². The van der Waals surface area contributed by atoms with Crippen molar-refractivity contribution in [3.05, 3.63) is 24.3 Å². The van der Waals surface area contributed by atoms with E-state index in [0.29, 0.717) is 0 Å². The van der Waals surface area contributed by atoms with Gasteiger partial charge in [-0.1, -0.05) is 13.2 Å². The van der Waals surface area contributed by atoms with E-state index in [2.05, 4.69) is 13.2 Å². The van der Waals surface area contributed by atoms with Crippen LogP contribution in [0.15, 0.2) is 24.3 Å². The Bertz CT molecular complexity index is 380. The predicted molar refractivity (Wildman–Crippen MR) is 80.3 cm³/mol. The predicted octanol–water partition coefficient (Wildman–Crippen LogP) is -0.0625. The molecule has 0 aromatic heterocycles. The first-order valence-electron chi connectivity index (χ1n) is 6.91. The SMILES string of the molecule is C=C(C)C(=O)OCC(O)COCOCC(O)COC(=O)C(=C)C. The Hall–Kier alpha value is -1.74. The van der Waals surface area contributed by atoms with Crippen molar-refractivity contribution in [1.29, 1.82) is 0 Å². The standard InChI is InChI=1S/C15H24O8/c1-10(2)14(18)22-7-12(16)5-20-9-21-6-13(17)8-23-15(19)11(3)4/h12-13,16-17H,1,3,5-9H2,2,4H3. The number of carbonyl (C=O) groups is 2. The molecule has 0 amide bonds. The molecule has 0 aromatic carbocycles. The molecule has 0 saturated heterocycles. The average Bonchev–Trinajstić information content (AvgIpc) is 2.49. The largest absolute Gasteiger partial charge is 0.460 e. The van der Waals surface area contributed by atoms with Gasteiger partial charge in [-0.05, 0) is 13.8 Å². The molecule has 0 saturated carbocycles. The maximum Gasteiger partial charge on any atom is 0.333 e. The van der Waals surface area contributed by atoms with E-state index in [-0.39, 0.29) is 44.4 Å². The zero-order valence-electron chi connectivity index (χ0n) is 13.4. The van der Waals surface area contributed by atoms with E-state index >= 15 is 0 Å². The van der Waals surface area contributed by atoms with Gasteiger partial charge in [-0.15, -0.1) is 0 Å². The molecule has 0 heterocycles. The van der Waals surface area contributed by atoms with Crippen molar-refractivity contribution in [3.63, 3.8) is 0 Å². The van der Waals surface area contributed by atoms with Gasteiger partial charge < -0.3 is 29.2 Å². The summed E-state index contributed by atoms with van der Waals surface area (Å²) in [6.45, 7) is 8.97.